The van der Waals surface area contributed by atoms with E-state index in [-0.39, 0.29) is 23.8 Å². The van der Waals surface area contributed by atoms with Gasteiger partial charge in [0.05, 0.1) is 22.5 Å². The lowest BCUT2D eigenvalue weighted by Gasteiger charge is -2.19. The molecule has 0 unspecified atom stereocenters. The molecule has 7 nitrogen and oxygen atoms in total. The zero-order valence-corrected chi connectivity index (χ0v) is 18.0. The summed E-state index contributed by atoms with van der Waals surface area (Å²) in [6.07, 6.45) is -2.01. The predicted molar refractivity (Wildman–Crippen MR) is 119 cm³/mol. The Bertz CT molecular complexity index is 1530. The Morgan fingerprint density at radius 2 is 1.94 bits per heavy atom. The number of anilines is 1. The number of alkyl halides is 3. The summed E-state index contributed by atoms with van der Waals surface area (Å²) in [5, 5.41) is 2.77. The lowest BCUT2D eigenvalue weighted by atomic mass is 10.1. The smallest absolute Gasteiger partial charge is 0.416 e. The maximum Gasteiger partial charge on any atom is 0.416 e. The van der Waals surface area contributed by atoms with Crippen LogP contribution in [0.5, 0.6) is 17.2 Å². The van der Waals surface area contributed by atoms with E-state index in [0.717, 1.165) is 29.0 Å². The van der Waals surface area contributed by atoms with Crippen LogP contribution in [0.3, 0.4) is 0 Å². The Kier molecular flexibility index (Phi) is 4.04. The SMILES string of the molecule is O=C1CCc2c(Oc3ccc4c(c3)[C@H]3[C@H](O4)[C@H]3c3nc4ccc(C(F)(F)F)cc4[nH]3)ccnc2N1. The van der Waals surface area contributed by atoms with Gasteiger partial charge in [0.1, 0.15) is 35.0 Å². The number of rotatable bonds is 3. The number of imidazole rings is 1. The molecular formula is C25H17F3N4O3. The normalized spacial score (nSPS) is 22.1. The van der Waals surface area contributed by atoms with Gasteiger partial charge in [-0.25, -0.2) is 9.97 Å². The van der Waals surface area contributed by atoms with Gasteiger partial charge in [0, 0.05) is 29.7 Å². The number of nitrogens with zero attached hydrogens (tertiary/aromatic N) is 2. The molecule has 1 saturated carbocycles. The summed E-state index contributed by atoms with van der Waals surface area (Å²) < 4.78 is 51.4. The molecule has 176 valence electrons. The number of hydrogen-bond acceptors (Lipinski definition) is 5. The van der Waals surface area contributed by atoms with Crippen LogP contribution in [0.4, 0.5) is 19.0 Å². The maximum absolute atomic E-state index is 13.1. The number of ether oxygens (including phenoxy) is 2. The van der Waals surface area contributed by atoms with Gasteiger partial charge in [-0.1, -0.05) is 0 Å². The Labute approximate surface area is 196 Å². The third-order valence-electron chi connectivity index (χ3n) is 6.80. The first-order valence-electron chi connectivity index (χ1n) is 11.2. The number of halogens is 3. The lowest BCUT2D eigenvalue weighted by Crippen LogP contribution is -2.20. The molecule has 2 aromatic carbocycles. The van der Waals surface area contributed by atoms with Crippen molar-refractivity contribution in [2.75, 3.05) is 5.32 Å². The zero-order valence-electron chi connectivity index (χ0n) is 18.0. The molecule has 0 radical (unpaired) electrons. The number of aromatic nitrogens is 3. The lowest BCUT2D eigenvalue weighted by molar-refractivity contribution is -0.137. The van der Waals surface area contributed by atoms with E-state index in [9.17, 15) is 18.0 Å². The number of carbonyl (C=O) groups is 1. The molecule has 3 aliphatic rings. The number of amides is 1. The maximum atomic E-state index is 13.1. The van der Waals surface area contributed by atoms with Crippen LogP contribution in [0.2, 0.25) is 0 Å². The Morgan fingerprint density at radius 1 is 1.06 bits per heavy atom. The number of benzene rings is 2. The first kappa shape index (κ1) is 20.3. The average molecular weight is 478 g/mol. The van der Waals surface area contributed by atoms with E-state index in [0.29, 0.717) is 47.0 Å². The highest BCUT2D eigenvalue weighted by Gasteiger charge is 2.61. The van der Waals surface area contributed by atoms with Crippen molar-refractivity contribution in [1.29, 1.82) is 0 Å². The van der Waals surface area contributed by atoms with E-state index in [4.69, 9.17) is 9.47 Å². The van der Waals surface area contributed by atoms with E-state index < -0.39 is 11.7 Å². The number of fused-ring (bicyclic) bond motifs is 5. The van der Waals surface area contributed by atoms with Gasteiger partial charge in [-0.2, -0.15) is 13.2 Å². The quantitative estimate of drug-likeness (QED) is 0.417. The molecule has 0 bridgehead atoms. The number of H-pyrrole nitrogens is 1. The van der Waals surface area contributed by atoms with Gasteiger partial charge in [-0.15, -0.1) is 0 Å². The van der Waals surface area contributed by atoms with Crippen LogP contribution < -0.4 is 14.8 Å². The van der Waals surface area contributed by atoms with Crippen LogP contribution in [0.1, 0.15) is 40.8 Å². The second-order valence-electron chi connectivity index (χ2n) is 8.97. The Morgan fingerprint density at radius 3 is 2.80 bits per heavy atom. The van der Waals surface area contributed by atoms with Crippen molar-refractivity contribution in [2.45, 2.75) is 37.0 Å². The summed E-state index contributed by atoms with van der Waals surface area (Å²) in [4.78, 5) is 23.5. The first-order valence-corrected chi connectivity index (χ1v) is 11.2. The summed E-state index contributed by atoms with van der Waals surface area (Å²) >= 11 is 0. The molecule has 0 saturated heterocycles. The molecule has 2 aromatic heterocycles. The van der Waals surface area contributed by atoms with Crippen molar-refractivity contribution in [2.24, 2.45) is 0 Å². The van der Waals surface area contributed by atoms with E-state index in [1.54, 1.807) is 12.3 Å². The number of aromatic amines is 1. The van der Waals surface area contributed by atoms with Crippen molar-refractivity contribution in [1.82, 2.24) is 15.0 Å². The zero-order chi connectivity index (χ0) is 23.9. The molecule has 1 fully saturated rings. The van der Waals surface area contributed by atoms with Crippen LogP contribution in [0.25, 0.3) is 11.0 Å². The number of hydrogen-bond donors (Lipinski definition) is 2. The van der Waals surface area contributed by atoms with Crippen LogP contribution >= 0.6 is 0 Å². The largest absolute Gasteiger partial charge is 0.489 e. The van der Waals surface area contributed by atoms with Crippen molar-refractivity contribution >= 4 is 22.8 Å². The standard InChI is InChI=1S/C25H17F3N4O3/c26-25(27,28)11-1-4-15-16(9-11)31-24(30-15)21-20-14-10-12(2-5-17(14)35-22(20)21)34-18-7-8-29-23-13(18)3-6-19(33)32-23/h1-2,4-5,7-10,20-22H,3,6H2,(H,30,31)(H,29,32,33)/t20-,21+,22+/m1/s1. The van der Waals surface area contributed by atoms with E-state index >= 15 is 0 Å². The highest BCUT2D eigenvalue weighted by atomic mass is 19.4. The van der Waals surface area contributed by atoms with Crippen LogP contribution in [0.15, 0.2) is 48.7 Å². The molecule has 4 heterocycles. The second-order valence-corrected chi connectivity index (χ2v) is 8.97. The average Bonchev–Trinajstić information content (AvgIpc) is 3.18. The summed E-state index contributed by atoms with van der Waals surface area (Å²) in [5.74, 6) is 3.07. The molecule has 1 amide bonds. The molecule has 10 heteroatoms. The molecule has 0 spiro atoms. The van der Waals surface area contributed by atoms with Gasteiger partial charge >= 0.3 is 6.18 Å². The number of nitrogens with one attached hydrogen (secondary N) is 2. The molecule has 2 aliphatic heterocycles. The number of pyridine rings is 1. The van der Waals surface area contributed by atoms with Gasteiger partial charge in [0.25, 0.3) is 0 Å². The molecule has 4 aromatic rings. The van der Waals surface area contributed by atoms with Crippen molar-refractivity contribution < 1.29 is 27.4 Å². The van der Waals surface area contributed by atoms with Gasteiger partial charge in [0.15, 0.2) is 0 Å². The minimum atomic E-state index is -4.41. The van der Waals surface area contributed by atoms with E-state index in [1.165, 1.54) is 6.07 Å². The molecular weight excluding hydrogens is 461 g/mol. The van der Waals surface area contributed by atoms with Gasteiger partial charge in [-0.3, -0.25) is 4.79 Å². The fourth-order valence-corrected chi connectivity index (χ4v) is 5.07. The van der Waals surface area contributed by atoms with Gasteiger partial charge in [-0.05, 0) is 48.9 Å². The van der Waals surface area contributed by atoms with Gasteiger partial charge in [0.2, 0.25) is 5.91 Å². The topological polar surface area (TPSA) is 89.1 Å². The van der Waals surface area contributed by atoms with E-state index in [1.807, 2.05) is 18.2 Å². The molecule has 7 rings (SSSR count). The van der Waals surface area contributed by atoms with Crippen LogP contribution in [-0.2, 0) is 17.4 Å². The Hall–Kier alpha value is -4.08. The van der Waals surface area contributed by atoms with Crippen molar-refractivity contribution in [3.63, 3.8) is 0 Å². The minimum absolute atomic E-state index is 0.0434. The molecule has 1 aliphatic carbocycles. The highest BCUT2D eigenvalue weighted by molar-refractivity contribution is 5.93. The first-order chi connectivity index (χ1) is 16.8. The fourth-order valence-electron chi connectivity index (χ4n) is 5.07. The van der Waals surface area contributed by atoms with Gasteiger partial charge < -0.3 is 19.8 Å². The molecule has 3 atom stereocenters. The summed E-state index contributed by atoms with van der Waals surface area (Å²) in [5.41, 5.74) is 1.96. The minimum Gasteiger partial charge on any atom is -0.489 e. The second kappa shape index (κ2) is 6.97. The van der Waals surface area contributed by atoms with E-state index in [2.05, 4.69) is 20.3 Å². The summed E-state index contributed by atoms with van der Waals surface area (Å²) in [7, 11) is 0. The van der Waals surface area contributed by atoms with Crippen molar-refractivity contribution in [3.8, 4) is 17.2 Å². The van der Waals surface area contributed by atoms with Crippen LogP contribution in [-0.4, -0.2) is 27.0 Å². The number of carbonyl (C=O) groups excluding carboxylic acids is 1. The third-order valence-corrected chi connectivity index (χ3v) is 6.80. The Balaban J connectivity index is 1.16. The fraction of sp³-hybridized carbons (Fsp3) is 0.240. The predicted octanol–water partition coefficient (Wildman–Crippen LogP) is 5.30. The molecule has 2 N–H and O–H groups in total. The highest BCUT2D eigenvalue weighted by Crippen LogP contribution is 2.63. The monoisotopic (exact) mass is 478 g/mol. The van der Waals surface area contributed by atoms with Crippen molar-refractivity contribution in [3.05, 3.63) is 71.2 Å². The van der Waals surface area contributed by atoms with Crippen LogP contribution in [0, 0.1) is 0 Å². The summed E-state index contributed by atoms with van der Waals surface area (Å²) in [6, 6.07) is 10.9. The molecule has 35 heavy (non-hydrogen) atoms. The third kappa shape index (κ3) is 3.23. The summed E-state index contributed by atoms with van der Waals surface area (Å²) in [6.45, 7) is 0.